The Morgan fingerprint density at radius 2 is 1.78 bits per heavy atom. The van der Waals surface area contributed by atoms with Crippen molar-refractivity contribution in [3.8, 4) is 11.8 Å². The zero-order chi connectivity index (χ0) is 7.33. The van der Waals surface area contributed by atoms with Gasteiger partial charge in [0.15, 0.2) is 0 Å². The molecule has 1 heteroatoms. The summed E-state index contributed by atoms with van der Waals surface area (Å²) < 4.78 is 0. The average molecular weight is 125 g/mol. The van der Waals surface area contributed by atoms with Gasteiger partial charge in [0.05, 0.1) is 5.54 Å². The molecule has 0 saturated heterocycles. The number of nitrogens with two attached hydrogens (primary N) is 1. The summed E-state index contributed by atoms with van der Waals surface area (Å²) in [6.07, 6.45) is 1.87. The standard InChI is InChI=1S/C8H15N/c1-4-7-8(9,5-2)6-3/h5-6,9H2,1-3H3. The molecule has 0 heterocycles. The van der Waals surface area contributed by atoms with Gasteiger partial charge in [-0.25, -0.2) is 0 Å². The molecule has 0 radical (unpaired) electrons. The first-order chi connectivity index (χ1) is 4.18. The summed E-state index contributed by atoms with van der Waals surface area (Å²) in [5.74, 6) is 5.82. The summed E-state index contributed by atoms with van der Waals surface area (Å²) >= 11 is 0. The third kappa shape index (κ3) is 2.53. The molecule has 1 nitrogen and oxygen atoms in total. The lowest BCUT2D eigenvalue weighted by molar-refractivity contribution is 0.512. The predicted molar refractivity (Wildman–Crippen MR) is 41.0 cm³/mol. The Kier molecular flexibility index (Phi) is 3.34. The Morgan fingerprint density at radius 1 is 1.33 bits per heavy atom. The van der Waals surface area contributed by atoms with E-state index in [2.05, 4.69) is 25.7 Å². The largest absolute Gasteiger partial charge is 0.315 e. The minimum absolute atomic E-state index is 0.227. The summed E-state index contributed by atoms with van der Waals surface area (Å²) in [6, 6.07) is 0. The van der Waals surface area contributed by atoms with Crippen LogP contribution in [0.4, 0.5) is 0 Å². The first-order valence-electron chi connectivity index (χ1n) is 3.41. The predicted octanol–water partition coefficient (Wildman–Crippen LogP) is 1.53. The summed E-state index contributed by atoms with van der Waals surface area (Å²) in [4.78, 5) is 0. The Hall–Kier alpha value is -0.480. The molecule has 0 aromatic heterocycles. The number of hydrogen-bond donors (Lipinski definition) is 1. The maximum absolute atomic E-state index is 5.83. The summed E-state index contributed by atoms with van der Waals surface area (Å²) in [5.41, 5.74) is 5.61. The van der Waals surface area contributed by atoms with Gasteiger partial charge in [-0.15, -0.1) is 5.92 Å². The van der Waals surface area contributed by atoms with Gasteiger partial charge in [0.2, 0.25) is 0 Å². The molecule has 0 fully saturated rings. The molecule has 0 rings (SSSR count). The van der Waals surface area contributed by atoms with Gasteiger partial charge in [0.1, 0.15) is 0 Å². The van der Waals surface area contributed by atoms with Gasteiger partial charge in [-0.1, -0.05) is 19.8 Å². The highest BCUT2D eigenvalue weighted by atomic mass is 14.7. The van der Waals surface area contributed by atoms with Gasteiger partial charge in [0, 0.05) is 0 Å². The molecule has 0 atom stereocenters. The van der Waals surface area contributed by atoms with E-state index in [0.717, 1.165) is 12.8 Å². The molecule has 0 saturated carbocycles. The second-order valence-corrected chi connectivity index (χ2v) is 2.24. The molecule has 0 amide bonds. The SMILES string of the molecule is CC#CC(N)(CC)CC. The number of rotatable bonds is 2. The van der Waals surface area contributed by atoms with Crippen LogP contribution in [0, 0.1) is 11.8 Å². The van der Waals surface area contributed by atoms with Crippen molar-refractivity contribution in [2.24, 2.45) is 5.73 Å². The smallest absolute Gasteiger partial charge is 0.0770 e. The van der Waals surface area contributed by atoms with E-state index in [1.165, 1.54) is 0 Å². The maximum Gasteiger partial charge on any atom is 0.0770 e. The molecule has 0 aliphatic carbocycles. The van der Waals surface area contributed by atoms with Crippen LogP contribution in [-0.2, 0) is 0 Å². The average Bonchev–Trinajstić information content (AvgIpc) is 1.89. The molecule has 0 unspecified atom stereocenters. The fraction of sp³-hybridized carbons (Fsp3) is 0.750. The van der Waals surface area contributed by atoms with E-state index in [1.54, 1.807) is 0 Å². The van der Waals surface area contributed by atoms with Crippen LogP contribution in [0.2, 0.25) is 0 Å². The quantitative estimate of drug-likeness (QED) is 0.556. The third-order valence-electron chi connectivity index (χ3n) is 1.64. The van der Waals surface area contributed by atoms with Crippen molar-refractivity contribution in [2.45, 2.75) is 39.2 Å². The first-order valence-corrected chi connectivity index (χ1v) is 3.41. The van der Waals surface area contributed by atoms with Crippen LogP contribution in [0.3, 0.4) is 0 Å². The lowest BCUT2D eigenvalue weighted by Crippen LogP contribution is -2.36. The molecule has 0 aromatic carbocycles. The summed E-state index contributed by atoms with van der Waals surface area (Å²) in [6.45, 7) is 5.95. The summed E-state index contributed by atoms with van der Waals surface area (Å²) in [7, 11) is 0. The first kappa shape index (κ1) is 8.52. The van der Waals surface area contributed by atoms with Gasteiger partial charge in [-0.2, -0.15) is 0 Å². The Labute approximate surface area is 57.6 Å². The van der Waals surface area contributed by atoms with Gasteiger partial charge in [0.25, 0.3) is 0 Å². The van der Waals surface area contributed by atoms with E-state index in [0.29, 0.717) is 0 Å². The van der Waals surface area contributed by atoms with Gasteiger partial charge in [-0.3, -0.25) is 0 Å². The molecular weight excluding hydrogens is 110 g/mol. The molecule has 0 aliphatic rings. The topological polar surface area (TPSA) is 26.0 Å². The highest BCUT2D eigenvalue weighted by molar-refractivity contribution is 5.14. The normalized spacial score (nSPS) is 10.2. The molecule has 2 N–H and O–H groups in total. The third-order valence-corrected chi connectivity index (χ3v) is 1.64. The number of hydrogen-bond acceptors (Lipinski definition) is 1. The molecule has 0 bridgehead atoms. The molecule has 9 heavy (non-hydrogen) atoms. The fourth-order valence-electron chi connectivity index (χ4n) is 0.676. The lowest BCUT2D eigenvalue weighted by atomic mass is 9.95. The molecule has 0 aliphatic heterocycles. The van der Waals surface area contributed by atoms with Crippen molar-refractivity contribution in [2.75, 3.05) is 0 Å². The van der Waals surface area contributed by atoms with E-state index in [1.807, 2.05) is 6.92 Å². The van der Waals surface area contributed by atoms with Gasteiger partial charge < -0.3 is 5.73 Å². The molecule has 0 spiro atoms. The van der Waals surface area contributed by atoms with E-state index in [-0.39, 0.29) is 5.54 Å². The van der Waals surface area contributed by atoms with Crippen LogP contribution in [0.1, 0.15) is 33.6 Å². The van der Waals surface area contributed by atoms with Crippen molar-refractivity contribution in [3.05, 3.63) is 0 Å². The van der Waals surface area contributed by atoms with Crippen LogP contribution in [0.25, 0.3) is 0 Å². The Morgan fingerprint density at radius 3 is 1.89 bits per heavy atom. The van der Waals surface area contributed by atoms with Gasteiger partial charge in [-0.05, 0) is 19.8 Å². The Balaban J connectivity index is 4.03. The van der Waals surface area contributed by atoms with Crippen molar-refractivity contribution in [3.63, 3.8) is 0 Å². The van der Waals surface area contributed by atoms with E-state index in [9.17, 15) is 0 Å². The zero-order valence-electron chi connectivity index (χ0n) is 6.49. The van der Waals surface area contributed by atoms with Crippen LogP contribution in [0.15, 0.2) is 0 Å². The highest BCUT2D eigenvalue weighted by Crippen LogP contribution is 2.08. The van der Waals surface area contributed by atoms with Crippen LogP contribution < -0.4 is 5.73 Å². The van der Waals surface area contributed by atoms with Crippen molar-refractivity contribution >= 4 is 0 Å². The monoisotopic (exact) mass is 125 g/mol. The lowest BCUT2D eigenvalue weighted by Gasteiger charge is -2.18. The second kappa shape index (κ2) is 3.53. The van der Waals surface area contributed by atoms with Crippen molar-refractivity contribution in [1.82, 2.24) is 0 Å². The van der Waals surface area contributed by atoms with Crippen LogP contribution in [0.5, 0.6) is 0 Å². The minimum atomic E-state index is -0.227. The zero-order valence-corrected chi connectivity index (χ0v) is 6.49. The second-order valence-electron chi connectivity index (χ2n) is 2.24. The highest BCUT2D eigenvalue weighted by Gasteiger charge is 2.15. The van der Waals surface area contributed by atoms with Crippen molar-refractivity contribution < 1.29 is 0 Å². The molecular formula is C8H15N. The fourth-order valence-corrected chi connectivity index (χ4v) is 0.676. The van der Waals surface area contributed by atoms with Crippen molar-refractivity contribution in [1.29, 1.82) is 0 Å². The molecule has 52 valence electrons. The van der Waals surface area contributed by atoms with Gasteiger partial charge >= 0.3 is 0 Å². The van der Waals surface area contributed by atoms with E-state index < -0.39 is 0 Å². The minimum Gasteiger partial charge on any atom is -0.315 e. The van der Waals surface area contributed by atoms with E-state index in [4.69, 9.17) is 5.73 Å². The summed E-state index contributed by atoms with van der Waals surface area (Å²) in [5, 5.41) is 0. The maximum atomic E-state index is 5.83. The van der Waals surface area contributed by atoms with Crippen LogP contribution in [-0.4, -0.2) is 5.54 Å². The molecule has 0 aromatic rings. The Bertz CT molecular complexity index is 123. The van der Waals surface area contributed by atoms with E-state index >= 15 is 0 Å². The van der Waals surface area contributed by atoms with Crippen LogP contribution >= 0.6 is 0 Å².